The molecule has 18 heavy (non-hydrogen) atoms. The van der Waals surface area contributed by atoms with Gasteiger partial charge in [0, 0.05) is 6.04 Å². The van der Waals surface area contributed by atoms with Crippen molar-refractivity contribution >= 4 is 5.78 Å². The molecule has 2 N–H and O–H groups in total. The fraction of sp³-hybridized carbons (Fsp3) is 0.583. The summed E-state index contributed by atoms with van der Waals surface area (Å²) >= 11 is 0. The second kappa shape index (κ2) is 4.80. The number of hydrogen-bond acceptors (Lipinski definition) is 4. The molecule has 1 fully saturated rings. The summed E-state index contributed by atoms with van der Waals surface area (Å²) in [6.07, 6.45) is 4.61. The van der Waals surface area contributed by atoms with Gasteiger partial charge in [-0.05, 0) is 19.8 Å². The topological polar surface area (TPSA) is 92.2 Å². The van der Waals surface area contributed by atoms with Crippen molar-refractivity contribution in [3.63, 3.8) is 0 Å². The number of aromatic nitrogens is 2. The zero-order valence-corrected chi connectivity index (χ0v) is 10.2. The Kier molecular flexibility index (Phi) is 3.36. The van der Waals surface area contributed by atoms with Crippen LogP contribution in [0.25, 0.3) is 0 Å². The molecule has 0 radical (unpaired) electrons. The molecule has 2 rings (SSSR count). The van der Waals surface area contributed by atoms with Crippen molar-refractivity contribution in [1.29, 1.82) is 0 Å². The minimum Gasteiger partial charge on any atom is -0.494 e. The van der Waals surface area contributed by atoms with E-state index in [2.05, 4.69) is 4.98 Å². The molecule has 0 atom stereocenters. The highest BCUT2D eigenvalue weighted by atomic mass is 16.3. The van der Waals surface area contributed by atoms with Gasteiger partial charge in [0.05, 0.1) is 0 Å². The van der Waals surface area contributed by atoms with Crippen molar-refractivity contribution in [1.82, 2.24) is 9.55 Å². The van der Waals surface area contributed by atoms with Gasteiger partial charge in [0.1, 0.15) is 5.56 Å². The lowest BCUT2D eigenvalue weighted by molar-refractivity contribution is 0.101. The fourth-order valence-corrected chi connectivity index (χ4v) is 2.53. The number of Topliss-reactive ketones (excluding diaryl/α,β-unsaturated/α-hetero) is 1. The molecular weight excluding hydrogens is 236 g/mol. The molecule has 6 heteroatoms. The van der Waals surface area contributed by atoms with Gasteiger partial charge in [-0.1, -0.05) is 19.3 Å². The highest BCUT2D eigenvalue weighted by molar-refractivity contribution is 5.95. The minimum absolute atomic E-state index is 0.138. The predicted octanol–water partition coefficient (Wildman–Crippen LogP) is 0.950. The lowest BCUT2D eigenvalue weighted by Gasteiger charge is -2.24. The Morgan fingerprint density at radius 1 is 1.28 bits per heavy atom. The van der Waals surface area contributed by atoms with Crippen LogP contribution < -0.4 is 11.2 Å². The molecule has 0 spiro atoms. The molecule has 0 saturated heterocycles. The highest BCUT2D eigenvalue weighted by Crippen LogP contribution is 2.29. The van der Waals surface area contributed by atoms with Gasteiger partial charge in [0.25, 0.3) is 5.56 Å². The number of ketones is 1. The van der Waals surface area contributed by atoms with Crippen molar-refractivity contribution in [3.05, 3.63) is 26.4 Å². The molecule has 1 saturated carbocycles. The number of carbonyl (C=O) groups is 1. The third-order valence-corrected chi connectivity index (χ3v) is 3.41. The summed E-state index contributed by atoms with van der Waals surface area (Å²) in [4.78, 5) is 36.7. The number of aromatic hydroxyl groups is 1. The van der Waals surface area contributed by atoms with Crippen LogP contribution in [0.15, 0.2) is 9.59 Å². The smallest absolute Gasteiger partial charge is 0.331 e. The largest absolute Gasteiger partial charge is 0.494 e. The second-order valence-electron chi connectivity index (χ2n) is 4.68. The molecule has 98 valence electrons. The molecule has 0 unspecified atom stereocenters. The fourth-order valence-electron chi connectivity index (χ4n) is 2.53. The number of nitrogens with one attached hydrogen (secondary N) is 1. The average Bonchev–Trinajstić information content (AvgIpc) is 2.28. The molecule has 1 aliphatic rings. The van der Waals surface area contributed by atoms with Crippen molar-refractivity contribution in [2.24, 2.45) is 0 Å². The zero-order valence-electron chi connectivity index (χ0n) is 10.2. The zero-order chi connectivity index (χ0) is 13.3. The second-order valence-corrected chi connectivity index (χ2v) is 4.68. The summed E-state index contributed by atoms with van der Waals surface area (Å²) in [7, 11) is 0. The number of carbonyl (C=O) groups excluding carboxylic acids is 1. The number of hydrogen-bond donors (Lipinski definition) is 2. The third-order valence-electron chi connectivity index (χ3n) is 3.41. The Morgan fingerprint density at radius 2 is 1.89 bits per heavy atom. The maximum Gasteiger partial charge on any atom is 0.331 e. The maximum atomic E-state index is 11.8. The first-order valence-corrected chi connectivity index (χ1v) is 6.11. The van der Waals surface area contributed by atoms with Gasteiger partial charge in [0.15, 0.2) is 5.78 Å². The van der Waals surface area contributed by atoms with Gasteiger partial charge >= 0.3 is 5.69 Å². The average molecular weight is 252 g/mol. The molecule has 0 aromatic carbocycles. The van der Waals surface area contributed by atoms with Crippen molar-refractivity contribution < 1.29 is 9.90 Å². The quantitative estimate of drug-likeness (QED) is 0.766. The molecule has 6 nitrogen and oxygen atoms in total. The van der Waals surface area contributed by atoms with Crippen LogP contribution in [0, 0.1) is 0 Å². The monoisotopic (exact) mass is 252 g/mol. The number of aromatic amines is 1. The summed E-state index contributed by atoms with van der Waals surface area (Å²) in [6, 6.07) is -0.138. The lowest BCUT2D eigenvalue weighted by atomic mass is 9.95. The van der Waals surface area contributed by atoms with E-state index in [0.29, 0.717) is 0 Å². The Balaban J connectivity index is 2.59. The van der Waals surface area contributed by atoms with E-state index < -0.39 is 22.9 Å². The van der Waals surface area contributed by atoms with E-state index in [4.69, 9.17) is 0 Å². The number of rotatable bonds is 2. The Hall–Kier alpha value is -1.85. The van der Waals surface area contributed by atoms with Gasteiger partial charge in [-0.15, -0.1) is 0 Å². The van der Waals surface area contributed by atoms with E-state index in [-0.39, 0.29) is 11.6 Å². The molecule has 1 aromatic heterocycles. The number of H-pyrrole nitrogens is 1. The summed E-state index contributed by atoms with van der Waals surface area (Å²) in [5, 5.41) is 10.00. The van der Waals surface area contributed by atoms with Crippen LogP contribution >= 0.6 is 0 Å². The lowest BCUT2D eigenvalue weighted by Crippen LogP contribution is -2.36. The van der Waals surface area contributed by atoms with Gasteiger partial charge in [-0.3, -0.25) is 19.1 Å². The molecule has 0 bridgehead atoms. The number of nitrogens with zero attached hydrogens (tertiary/aromatic N) is 1. The van der Waals surface area contributed by atoms with E-state index >= 15 is 0 Å². The maximum absolute atomic E-state index is 11.8. The van der Waals surface area contributed by atoms with E-state index in [1.54, 1.807) is 0 Å². The first kappa shape index (κ1) is 12.6. The van der Waals surface area contributed by atoms with Crippen LogP contribution in [-0.4, -0.2) is 20.4 Å². The highest BCUT2D eigenvalue weighted by Gasteiger charge is 2.24. The van der Waals surface area contributed by atoms with E-state index in [0.717, 1.165) is 36.7 Å². The molecule has 0 amide bonds. The van der Waals surface area contributed by atoms with Gasteiger partial charge < -0.3 is 5.11 Å². The van der Waals surface area contributed by atoms with Crippen molar-refractivity contribution in [2.75, 3.05) is 0 Å². The van der Waals surface area contributed by atoms with E-state index in [1.807, 2.05) is 0 Å². The Bertz CT molecular complexity index is 579. The predicted molar refractivity (Wildman–Crippen MR) is 65.1 cm³/mol. The normalized spacial score (nSPS) is 16.7. The van der Waals surface area contributed by atoms with Crippen LogP contribution in [0.1, 0.15) is 55.4 Å². The molecule has 0 aliphatic heterocycles. The first-order valence-electron chi connectivity index (χ1n) is 6.11. The SMILES string of the molecule is CC(=O)c1c(O)n(C2CCCCC2)c(=O)[nH]c1=O. The van der Waals surface area contributed by atoms with Crippen LogP contribution in [0.2, 0.25) is 0 Å². The van der Waals surface area contributed by atoms with Gasteiger partial charge in [0.2, 0.25) is 5.88 Å². The molecule has 1 aliphatic carbocycles. The van der Waals surface area contributed by atoms with Crippen LogP contribution in [0.3, 0.4) is 0 Å². The van der Waals surface area contributed by atoms with Crippen molar-refractivity contribution in [3.8, 4) is 5.88 Å². The van der Waals surface area contributed by atoms with Gasteiger partial charge in [-0.2, -0.15) is 0 Å². The molecular formula is C12H16N2O4. The van der Waals surface area contributed by atoms with E-state index in [1.165, 1.54) is 6.92 Å². The summed E-state index contributed by atoms with van der Waals surface area (Å²) < 4.78 is 1.15. The Morgan fingerprint density at radius 3 is 2.44 bits per heavy atom. The van der Waals surface area contributed by atoms with Crippen LogP contribution in [0.4, 0.5) is 0 Å². The van der Waals surface area contributed by atoms with Gasteiger partial charge in [-0.25, -0.2) is 4.79 Å². The van der Waals surface area contributed by atoms with E-state index in [9.17, 15) is 19.5 Å². The molecule has 1 heterocycles. The standard InChI is InChI=1S/C12H16N2O4/c1-7(15)9-10(16)13-12(18)14(11(9)17)8-5-3-2-4-6-8/h8,17H,2-6H2,1H3,(H,13,16,18). The summed E-state index contributed by atoms with van der Waals surface area (Å²) in [5.74, 6) is -1.04. The summed E-state index contributed by atoms with van der Waals surface area (Å²) in [6.45, 7) is 1.19. The first-order chi connectivity index (χ1) is 8.52. The third kappa shape index (κ3) is 2.10. The molecule has 1 aromatic rings. The van der Waals surface area contributed by atoms with Crippen molar-refractivity contribution in [2.45, 2.75) is 45.1 Å². The Labute approximate surface area is 103 Å². The van der Waals surface area contributed by atoms with Crippen LogP contribution in [-0.2, 0) is 0 Å². The summed E-state index contributed by atoms with van der Waals surface area (Å²) in [5.41, 5.74) is -1.80. The van der Waals surface area contributed by atoms with Crippen LogP contribution in [0.5, 0.6) is 5.88 Å². The minimum atomic E-state index is -0.822.